The molecule has 3 nitrogen and oxygen atoms in total. The summed E-state index contributed by atoms with van der Waals surface area (Å²) in [5.41, 5.74) is 2.37. The maximum Gasteiger partial charge on any atom is 0.238 e. The summed E-state index contributed by atoms with van der Waals surface area (Å²) in [7, 11) is 0. The first-order valence-electron chi connectivity index (χ1n) is 7.94. The van der Waals surface area contributed by atoms with Crippen molar-refractivity contribution in [3.8, 4) is 0 Å². The first kappa shape index (κ1) is 14.8. The Morgan fingerprint density at radius 2 is 1.73 bits per heavy atom. The number of rotatable bonds is 4. The highest BCUT2D eigenvalue weighted by atomic mass is 16.2. The molecule has 0 radical (unpaired) electrons. The van der Waals surface area contributed by atoms with Gasteiger partial charge in [-0.05, 0) is 30.5 Å². The molecule has 3 heteroatoms. The summed E-state index contributed by atoms with van der Waals surface area (Å²) in [4.78, 5) is 12.6. The van der Waals surface area contributed by atoms with Crippen LogP contribution in [-0.2, 0) is 11.3 Å². The number of benzene rings is 2. The predicted octanol–water partition coefficient (Wildman–Crippen LogP) is 2.84. The molecule has 0 bridgehead atoms. The van der Waals surface area contributed by atoms with Gasteiger partial charge in [0.05, 0.1) is 6.04 Å². The molecule has 114 valence electrons. The molecule has 0 aromatic heterocycles. The monoisotopic (exact) mass is 294 g/mol. The van der Waals surface area contributed by atoms with Crippen LogP contribution in [0.5, 0.6) is 0 Å². The summed E-state index contributed by atoms with van der Waals surface area (Å²) in [6.07, 6.45) is 2.17. The number of piperidine rings is 1. The summed E-state index contributed by atoms with van der Waals surface area (Å²) >= 11 is 0. The van der Waals surface area contributed by atoms with Crippen molar-refractivity contribution >= 4 is 5.91 Å². The fourth-order valence-electron chi connectivity index (χ4n) is 3.12. The SMILES string of the molecule is O=C(NCc1ccccc1)C1NCCCC1c1ccccc1. The second-order valence-electron chi connectivity index (χ2n) is 5.79. The maximum absolute atomic E-state index is 12.6. The number of hydrogen-bond donors (Lipinski definition) is 2. The number of hydrogen-bond acceptors (Lipinski definition) is 2. The Balaban J connectivity index is 1.66. The van der Waals surface area contributed by atoms with E-state index < -0.39 is 0 Å². The van der Waals surface area contributed by atoms with Gasteiger partial charge in [-0.3, -0.25) is 4.79 Å². The quantitative estimate of drug-likeness (QED) is 0.910. The Morgan fingerprint density at radius 3 is 2.45 bits per heavy atom. The van der Waals surface area contributed by atoms with Crippen molar-refractivity contribution in [1.82, 2.24) is 10.6 Å². The standard InChI is InChI=1S/C19H22N2O/c22-19(21-14-15-8-3-1-4-9-15)18-17(12-7-13-20-18)16-10-5-2-6-11-16/h1-6,8-11,17-18,20H,7,12-14H2,(H,21,22). The van der Waals surface area contributed by atoms with E-state index in [1.54, 1.807) is 0 Å². The van der Waals surface area contributed by atoms with E-state index in [0.29, 0.717) is 6.54 Å². The third-order valence-corrected chi connectivity index (χ3v) is 4.28. The summed E-state index contributed by atoms with van der Waals surface area (Å²) < 4.78 is 0. The highest BCUT2D eigenvalue weighted by Crippen LogP contribution is 2.28. The van der Waals surface area contributed by atoms with Crippen molar-refractivity contribution in [1.29, 1.82) is 0 Å². The van der Waals surface area contributed by atoms with Crippen LogP contribution in [0.4, 0.5) is 0 Å². The molecule has 2 atom stereocenters. The van der Waals surface area contributed by atoms with Crippen molar-refractivity contribution in [2.75, 3.05) is 6.54 Å². The summed E-state index contributed by atoms with van der Waals surface area (Å²) in [5.74, 6) is 0.350. The van der Waals surface area contributed by atoms with E-state index in [2.05, 4.69) is 22.8 Å². The van der Waals surface area contributed by atoms with Crippen molar-refractivity contribution < 1.29 is 4.79 Å². The highest BCUT2D eigenvalue weighted by molar-refractivity contribution is 5.83. The zero-order valence-corrected chi connectivity index (χ0v) is 12.7. The number of amides is 1. The molecule has 1 aliphatic heterocycles. The fourth-order valence-corrected chi connectivity index (χ4v) is 3.12. The van der Waals surface area contributed by atoms with Crippen LogP contribution in [0.15, 0.2) is 60.7 Å². The van der Waals surface area contributed by atoms with Gasteiger partial charge in [0.25, 0.3) is 0 Å². The zero-order valence-electron chi connectivity index (χ0n) is 12.7. The normalized spacial score (nSPS) is 21.3. The van der Waals surface area contributed by atoms with Crippen LogP contribution in [0.1, 0.15) is 29.9 Å². The van der Waals surface area contributed by atoms with E-state index >= 15 is 0 Å². The van der Waals surface area contributed by atoms with E-state index in [1.807, 2.05) is 48.5 Å². The third kappa shape index (κ3) is 3.55. The maximum atomic E-state index is 12.6. The van der Waals surface area contributed by atoms with Crippen LogP contribution >= 0.6 is 0 Å². The molecule has 22 heavy (non-hydrogen) atoms. The van der Waals surface area contributed by atoms with Gasteiger partial charge in [0.1, 0.15) is 0 Å². The lowest BCUT2D eigenvalue weighted by molar-refractivity contribution is -0.124. The van der Waals surface area contributed by atoms with Gasteiger partial charge in [0.2, 0.25) is 5.91 Å². The molecule has 0 saturated carbocycles. The first-order valence-corrected chi connectivity index (χ1v) is 7.94. The number of carbonyl (C=O) groups excluding carboxylic acids is 1. The summed E-state index contributed by atoms with van der Waals surface area (Å²) in [6, 6.07) is 20.2. The number of carbonyl (C=O) groups is 1. The molecule has 1 fully saturated rings. The van der Waals surface area contributed by atoms with Gasteiger partial charge in [-0.25, -0.2) is 0 Å². The lowest BCUT2D eigenvalue weighted by Crippen LogP contribution is -2.50. The zero-order chi connectivity index (χ0) is 15.2. The van der Waals surface area contributed by atoms with Crippen molar-refractivity contribution in [3.63, 3.8) is 0 Å². The minimum atomic E-state index is -0.139. The second kappa shape index (κ2) is 7.23. The predicted molar refractivity (Wildman–Crippen MR) is 88.5 cm³/mol. The Labute approximate surface area is 131 Å². The third-order valence-electron chi connectivity index (χ3n) is 4.28. The molecular formula is C19H22N2O. The molecule has 2 aromatic rings. The van der Waals surface area contributed by atoms with Crippen molar-refractivity contribution in [3.05, 3.63) is 71.8 Å². The Hall–Kier alpha value is -2.13. The van der Waals surface area contributed by atoms with Gasteiger partial charge in [0.15, 0.2) is 0 Å². The lowest BCUT2D eigenvalue weighted by Gasteiger charge is -2.32. The van der Waals surface area contributed by atoms with Crippen LogP contribution in [0.3, 0.4) is 0 Å². The Bertz CT molecular complexity index is 597. The molecular weight excluding hydrogens is 272 g/mol. The fraction of sp³-hybridized carbons (Fsp3) is 0.316. The molecule has 1 saturated heterocycles. The van der Waals surface area contributed by atoms with Gasteiger partial charge in [-0.15, -0.1) is 0 Å². The largest absolute Gasteiger partial charge is 0.351 e. The minimum Gasteiger partial charge on any atom is -0.351 e. The minimum absolute atomic E-state index is 0.0948. The lowest BCUT2D eigenvalue weighted by atomic mass is 9.84. The Kier molecular flexibility index (Phi) is 4.86. The highest BCUT2D eigenvalue weighted by Gasteiger charge is 2.31. The van der Waals surface area contributed by atoms with Crippen LogP contribution in [0.2, 0.25) is 0 Å². The molecule has 2 aromatic carbocycles. The molecule has 3 rings (SSSR count). The topological polar surface area (TPSA) is 41.1 Å². The molecule has 0 aliphatic carbocycles. The van der Waals surface area contributed by atoms with Gasteiger partial charge < -0.3 is 10.6 Å². The second-order valence-corrected chi connectivity index (χ2v) is 5.79. The molecule has 0 spiro atoms. The number of nitrogens with one attached hydrogen (secondary N) is 2. The smallest absolute Gasteiger partial charge is 0.238 e. The van der Waals surface area contributed by atoms with Crippen LogP contribution in [-0.4, -0.2) is 18.5 Å². The molecule has 1 heterocycles. The average Bonchev–Trinajstić information content (AvgIpc) is 2.61. The molecule has 1 amide bonds. The summed E-state index contributed by atoms with van der Waals surface area (Å²) in [5, 5.41) is 6.46. The Morgan fingerprint density at radius 1 is 1.05 bits per heavy atom. The summed E-state index contributed by atoms with van der Waals surface area (Å²) in [6.45, 7) is 1.49. The van der Waals surface area contributed by atoms with Crippen molar-refractivity contribution in [2.24, 2.45) is 0 Å². The van der Waals surface area contributed by atoms with Crippen LogP contribution < -0.4 is 10.6 Å². The van der Waals surface area contributed by atoms with E-state index in [9.17, 15) is 4.79 Å². The van der Waals surface area contributed by atoms with E-state index in [-0.39, 0.29) is 17.9 Å². The van der Waals surface area contributed by atoms with Gasteiger partial charge in [-0.1, -0.05) is 60.7 Å². The average molecular weight is 294 g/mol. The van der Waals surface area contributed by atoms with Crippen molar-refractivity contribution in [2.45, 2.75) is 31.3 Å². The van der Waals surface area contributed by atoms with Gasteiger partial charge in [-0.2, -0.15) is 0 Å². The molecule has 1 aliphatic rings. The van der Waals surface area contributed by atoms with E-state index in [1.165, 1.54) is 5.56 Å². The van der Waals surface area contributed by atoms with Crippen LogP contribution in [0, 0.1) is 0 Å². The van der Waals surface area contributed by atoms with Gasteiger partial charge in [0, 0.05) is 12.5 Å². The van der Waals surface area contributed by atoms with E-state index in [0.717, 1.165) is 24.9 Å². The molecule has 2 unspecified atom stereocenters. The molecule has 2 N–H and O–H groups in total. The first-order chi connectivity index (χ1) is 10.8. The van der Waals surface area contributed by atoms with Crippen LogP contribution in [0.25, 0.3) is 0 Å². The van der Waals surface area contributed by atoms with Gasteiger partial charge >= 0.3 is 0 Å². The van der Waals surface area contributed by atoms with E-state index in [4.69, 9.17) is 0 Å².